The number of carboxylic acids is 1. The molecule has 2 N–H and O–H groups in total. The lowest BCUT2D eigenvalue weighted by Gasteiger charge is -2.57. The average molecular weight is 456 g/mol. The topological polar surface area (TPSA) is 103 Å². The van der Waals surface area contributed by atoms with Crippen molar-refractivity contribution in [3.8, 4) is 12.1 Å². The molecule has 34 heavy (non-hydrogen) atoms. The first-order valence-electron chi connectivity index (χ1n) is 12.0. The van der Waals surface area contributed by atoms with E-state index in [1.54, 1.807) is 12.1 Å². The van der Waals surface area contributed by atoms with Gasteiger partial charge < -0.3 is 15.3 Å². The van der Waals surface area contributed by atoms with Crippen LogP contribution in [0.25, 0.3) is 0 Å². The van der Waals surface area contributed by atoms with E-state index in [0.717, 1.165) is 31.6 Å². The molecule has 174 valence electrons. The Labute approximate surface area is 200 Å². The van der Waals surface area contributed by atoms with E-state index < -0.39 is 5.97 Å². The van der Waals surface area contributed by atoms with Gasteiger partial charge in [0.05, 0.1) is 34.8 Å². The second-order valence-corrected chi connectivity index (χ2v) is 9.85. The van der Waals surface area contributed by atoms with E-state index in [0.29, 0.717) is 43.1 Å². The molecule has 2 atom stereocenters. The lowest BCUT2D eigenvalue weighted by atomic mass is 9.82. The molecule has 0 aromatic heterocycles. The Bertz CT molecular complexity index is 1140. The SMILES string of the molecule is N#CCC1(N2CCC(NC3CC3c3ccccc3)CC2)CN(c2ccc(C(=O)O)cc2C#N)C1. The molecule has 0 spiro atoms. The van der Waals surface area contributed by atoms with Gasteiger partial charge in [-0.05, 0) is 43.0 Å². The second-order valence-electron chi connectivity index (χ2n) is 9.85. The molecule has 2 heterocycles. The number of piperidine rings is 1. The summed E-state index contributed by atoms with van der Waals surface area (Å²) in [5.74, 6) is -0.408. The zero-order chi connectivity index (χ0) is 23.7. The van der Waals surface area contributed by atoms with Crippen molar-refractivity contribution in [2.24, 2.45) is 0 Å². The Morgan fingerprint density at radius 1 is 1.12 bits per heavy atom. The zero-order valence-electron chi connectivity index (χ0n) is 19.2. The van der Waals surface area contributed by atoms with E-state index in [1.165, 1.54) is 18.1 Å². The first-order valence-corrected chi connectivity index (χ1v) is 12.0. The Kier molecular flexibility index (Phi) is 6.00. The lowest BCUT2D eigenvalue weighted by molar-refractivity contribution is 0.0357. The Morgan fingerprint density at radius 2 is 1.85 bits per heavy atom. The third-order valence-electron chi connectivity index (χ3n) is 7.72. The number of rotatable bonds is 7. The Balaban J connectivity index is 1.18. The Morgan fingerprint density at radius 3 is 2.50 bits per heavy atom. The molecule has 7 heteroatoms. The highest BCUT2D eigenvalue weighted by Crippen LogP contribution is 2.42. The summed E-state index contributed by atoms with van der Waals surface area (Å²) in [5, 5.41) is 32.1. The molecule has 1 aliphatic carbocycles. The predicted octanol–water partition coefficient (Wildman–Crippen LogP) is 3.34. The van der Waals surface area contributed by atoms with Crippen molar-refractivity contribution in [1.29, 1.82) is 10.5 Å². The number of likely N-dealkylation sites (tertiary alicyclic amines) is 1. The fourth-order valence-electron chi connectivity index (χ4n) is 5.71. The largest absolute Gasteiger partial charge is 0.478 e. The van der Waals surface area contributed by atoms with Crippen LogP contribution in [0.5, 0.6) is 0 Å². The molecular formula is C27H29N5O2. The van der Waals surface area contributed by atoms with Crippen LogP contribution in [0.3, 0.4) is 0 Å². The van der Waals surface area contributed by atoms with Gasteiger partial charge in [-0.1, -0.05) is 30.3 Å². The third-order valence-corrected chi connectivity index (χ3v) is 7.72. The molecule has 3 aliphatic rings. The number of hydrogen-bond donors (Lipinski definition) is 2. The van der Waals surface area contributed by atoms with E-state index in [-0.39, 0.29) is 11.1 Å². The first kappa shape index (κ1) is 22.4. The summed E-state index contributed by atoms with van der Waals surface area (Å²) in [7, 11) is 0. The maximum Gasteiger partial charge on any atom is 0.335 e. The van der Waals surface area contributed by atoms with Gasteiger partial charge in [-0.25, -0.2) is 4.79 Å². The predicted molar refractivity (Wildman–Crippen MR) is 129 cm³/mol. The minimum Gasteiger partial charge on any atom is -0.478 e. The molecule has 3 fully saturated rings. The fourth-order valence-corrected chi connectivity index (χ4v) is 5.71. The normalized spacial score (nSPS) is 24.0. The summed E-state index contributed by atoms with van der Waals surface area (Å²) in [4.78, 5) is 15.8. The van der Waals surface area contributed by atoms with E-state index in [4.69, 9.17) is 0 Å². The zero-order valence-corrected chi connectivity index (χ0v) is 19.2. The van der Waals surface area contributed by atoms with Crippen molar-refractivity contribution in [3.05, 3.63) is 65.2 Å². The van der Waals surface area contributed by atoms with Gasteiger partial charge in [0, 0.05) is 44.2 Å². The smallest absolute Gasteiger partial charge is 0.335 e. The molecule has 2 aromatic rings. The fraction of sp³-hybridized carbons (Fsp3) is 0.444. The molecule has 2 aliphatic heterocycles. The summed E-state index contributed by atoms with van der Waals surface area (Å²) in [6.07, 6.45) is 3.80. The van der Waals surface area contributed by atoms with E-state index in [2.05, 4.69) is 57.6 Å². The van der Waals surface area contributed by atoms with E-state index in [9.17, 15) is 20.4 Å². The molecular weight excluding hydrogens is 426 g/mol. The molecule has 1 saturated carbocycles. The van der Waals surface area contributed by atoms with Crippen LogP contribution < -0.4 is 10.2 Å². The highest BCUT2D eigenvalue weighted by molar-refractivity contribution is 5.89. The van der Waals surface area contributed by atoms with E-state index in [1.807, 2.05) is 0 Å². The van der Waals surface area contributed by atoms with Gasteiger partial charge in [-0.2, -0.15) is 10.5 Å². The lowest BCUT2D eigenvalue weighted by Crippen LogP contribution is -2.71. The number of anilines is 1. The Hall–Kier alpha value is -3.39. The highest BCUT2D eigenvalue weighted by Gasteiger charge is 2.49. The maximum atomic E-state index is 11.2. The number of nitrogens with one attached hydrogen (secondary N) is 1. The summed E-state index contributed by atoms with van der Waals surface area (Å²) < 4.78 is 0. The van der Waals surface area contributed by atoms with Gasteiger partial charge in [-0.15, -0.1) is 0 Å². The van der Waals surface area contributed by atoms with Gasteiger partial charge in [-0.3, -0.25) is 4.90 Å². The number of benzene rings is 2. The highest BCUT2D eigenvalue weighted by atomic mass is 16.4. The van der Waals surface area contributed by atoms with Crippen LogP contribution >= 0.6 is 0 Å². The van der Waals surface area contributed by atoms with Gasteiger partial charge in [0.1, 0.15) is 6.07 Å². The average Bonchev–Trinajstić information content (AvgIpc) is 3.61. The maximum absolute atomic E-state index is 11.2. The van der Waals surface area contributed by atoms with Crippen molar-refractivity contribution < 1.29 is 9.90 Å². The third kappa shape index (κ3) is 4.25. The first-order chi connectivity index (χ1) is 16.5. The van der Waals surface area contributed by atoms with Gasteiger partial charge in [0.15, 0.2) is 0 Å². The molecule has 0 radical (unpaired) electrons. The van der Waals surface area contributed by atoms with Crippen molar-refractivity contribution >= 4 is 11.7 Å². The van der Waals surface area contributed by atoms with Gasteiger partial charge in [0.2, 0.25) is 0 Å². The molecule has 2 saturated heterocycles. The summed E-state index contributed by atoms with van der Waals surface area (Å²) >= 11 is 0. The van der Waals surface area contributed by atoms with E-state index >= 15 is 0 Å². The van der Waals surface area contributed by atoms with Crippen LogP contribution in [0.4, 0.5) is 5.69 Å². The minimum atomic E-state index is -1.04. The number of aromatic carboxylic acids is 1. The van der Waals surface area contributed by atoms with Crippen LogP contribution in [0.15, 0.2) is 48.5 Å². The van der Waals surface area contributed by atoms with Crippen LogP contribution in [0.2, 0.25) is 0 Å². The summed E-state index contributed by atoms with van der Waals surface area (Å²) in [6, 6.07) is 21.0. The number of nitrogens with zero attached hydrogens (tertiary/aromatic N) is 4. The molecule has 7 nitrogen and oxygen atoms in total. The standard InChI is InChI=1S/C27H29N5O2/c28-11-10-27(17-31(18-27)25-7-6-20(26(33)34)14-21(25)16-29)32-12-8-22(9-13-32)30-24-15-23(24)19-4-2-1-3-5-19/h1-7,14,22-24,30H,8-10,12-13,15,17-18H2,(H,33,34). The van der Waals surface area contributed by atoms with Crippen LogP contribution in [-0.4, -0.2) is 59.8 Å². The molecule has 0 bridgehead atoms. The van der Waals surface area contributed by atoms with Crippen LogP contribution in [0.1, 0.15) is 53.1 Å². The number of hydrogen-bond acceptors (Lipinski definition) is 6. The van der Waals surface area contributed by atoms with Crippen molar-refractivity contribution in [2.45, 2.75) is 49.2 Å². The molecule has 0 amide bonds. The van der Waals surface area contributed by atoms with Gasteiger partial charge >= 0.3 is 5.97 Å². The van der Waals surface area contributed by atoms with Gasteiger partial charge in [0.25, 0.3) is 0 Å². The molecule has 5 rings (SSSR count). The van der Waals surface area contributed by atoms with Crippen LogP contribution in [-0.2, 0) is 0 Å². The summed E-state index contributed by atoms with van der Waals surface area (Å²) in [6.45, 7) is 3.27. The second kappa shape index (κ2) is 9.10. The summed E-state index contributed by atoms with van der Waals surface area (Å²) in [5.41, 5.74) is 2.45. The van der Waals surface area contributed by atoms with Crippen LogP contribution in [0, 0.1) is 22.7 Å². The van der Waals surface area contributed by atoms with Crippen molar-refractivity contribution in [2.75, 3.05) is 31.1 Å². The number of carboxylic acid groups (broad SMARTS) is 1. The van der Waals surface area contributed by atoms with Crippen molar-refractivity contribution in [1.82, 2.24) is 10.2 Å². The molecule has 2 aromatic carbocycles. The molecule has 2 unspecified atom stereocenters. The van der Waals surface area contributed by atoms with Crippen molar-refractivity contribution in [3.63, 3.8) is 0 Å². The monoisotopic (exact) mass is 455 g/mol. The minimum absolute atomic E-state index is 0.115. The quantitative estimate of drug-likeness (QED) is 0.660. The number of nitriles is 2. The number of carbonyl (C=O) groups is 1.